The lowest BCUT2D eigenvalue weighted by molar-refractivity contribution is -0.130. The third kappa shape index (κ3) is 4.22. The molecule has 1 saturated carbocycles. The molecule has 20 heavy (non-hydrogen) atoms. The smallest absolute Gasteiger partial charge is 0.368 e. The molecule has 2 nitrogen and oxygen atoms in total. The Morgan fingerprint density at radius 1 is 1.30 bits per heavy atom. The van der Waals surface area contributed by atoms with E-state index in [9.17, 15) is 18.0 Å². The molecule has 0 bridgehead atoms. The molecule has 0 heterocycles. The molecule has 0 N–H and O–H groups in total. The third-order valence-corrected chi connectivity index (χ3v) is 3.84. The Morgan fingerprint density at radius 2 is 1.80 bits per heavy atom. The molecule has 0 aromatic heterocycles. The lowest BCUT2D eigenvalue weighted by Gasteiger charge is -2.19. The zero-order valence-corrected chi connectivity index (χ0v) is 13.0. The summed E-state index contributed by atoms with van der Waals surface area (Å²) in [5.41, 5.74) is -0.965. The highest BCUT2D eigenvalue weighted by atomic mass is 35.5. The van der Waals surface area contributed by atoms with E-state index in [-0.39, 0.29) is 12.4 Å². The Hall–Kier alpha value is -0.550. The summed E-state index contributed by atoms with van der Waals surface area (Å²) in [6.45, 7) is 8.87. The summed E-state index contributed by atoms with van der Waals surface area (Å²) in [6.07, 6.45) is -3.61. The molecular weight excluding hydrogens is 293 g/mol. The second-order valence-electron chi connectivity index (χ2n) is 6.70. The number of alkyl halides is 3. The van der Waals surface area contributed by atoms with Crippen LogP contribution in [0.15, 0.2) is 11.1 Å². The average Bonchev–Trinajstić information content (AvgIpc) is 2.74. The lowest BCUT2D eigenvalue weighted by Crippen LogP contribution is -2.25. The molecule has 1 aliphatic carbocycles. The summed E-state index contributed by atoms with van der Waals surface area (Å²) in [6, 6.07) is 0. The van der Waals surface area contributed by atoms with Gasteiger partial charge in [-0.3, -0.25) is 4.79 Å². The van der Waals surface area contributed by atoms with E-state index in [4.69, 9.17) is 16.3 Å². The summed E-state index contributed by atoms with van der Waals surface area (Å²) in [5, 5.41) is -1.16. The van der Waals surface area contributed by atoms with Crippen molar-refractivity contribution in [3.63, 3.8) is 0 Å². The first kappa shape index (κ1) is 17.5. The summed E-state index contributed by atoms with van der Waals surface area (Å²) >= 11 is 5.23. The van der Waals surface area contributed by atoms with Gasteiger partial charge in [-0.15, -0.1) is 0 Å². The molecule has 0 radical (unpaired) electrons. The van der Waals surface area contributed by atoms with E-state index in [1.54, 1.807) is 13.8 Å². The number of carbonyl (C=O) groups is 1. The number of carbonyl (C=O) groups excluding carboxylic acids is 1. The summed E-state index contributed by atoms with van der Waals surface area (Å²) in [7, 11) is 0. The van der Waals surface area contributed by atoms with Crippen LogP contribution >= 0.6 is 11.6 Å². The van der Waals surface area contributed by atoms with Crippen LogP contribution in [0.1, 0.15) is 34.6 Å². The molecule has 0 spiro atoms. The molecule has 0 amide bonds. The lowest BCUT2D eigenvalue weighted by atomic mass is 10.1. The van der Waals surface area contributed by atoms with Gasteiger partial charge in [-0.25, -0.2) is 0 Å². The first-order chi connectivity index (χ1) is 8.77. The van der Waals surface area contributed by atoms with Gasteiger partial charge in [-0.2, -0.15) is 13.2 Å². The maximum Gasteiger partial charge on any atom is 0.426 e. The van der Waals surface area contributed by atoms with Crippen LogP contribution in [0.2, 0.25) is 0 Å². The largest absolute Gasteiger partial charge is 0.426 e. The van der Waals surface area contributed by atoms with E-state index in [0.717, 1.165) is 6.08 Å². The molecule has 0 unspecified atom stereocenters. The summed E-state index contributed by atoms with van der Waals surface area (Å²) in [5.74, 6) is -1.15. The maximum absolute atomic E-state index is 12.4. The van der Waals surface area contributed by atoms with Crippen molar-refractivity contribution in [3.05, 3.63) is 11.1 Å². The number of ketones is 1. The number of hydrogen-bond acceptors (Lipinski definition) is 2. The molecular formula is C14H20ClF3O2. The molecule has 1 rings (SSSR count). The average molecular weight is 313 g/mol. The van der Waals surface area contributed by atoms with Crippen molar-refractivity contribution >= 4 is 17.4 Å². The highest BCUT2D eigenvalue weighted by Gasteiger charge is 2.60. The fraction of sp³-hybridized carbons (Fsp3) is 0.786. The third-order valence-electron chi connectivity index (χ3n) is 3.50. The predicted octanol–water partition coefficient (Wildman–Crippen LogP) is 4.33. The fourth-order valence-electron chi connectivity index (χ4n) is 2.23. The summed E-state index contributed by atoms with van der Waals surface area (Å²) < 4.78 is 42.6. The minimum atomic E-state index is -4.56. The number of halogens is 4. The molecule has 116 valence electrons. The fourth-order valence-corrected chi connectivity index (χ4v) is 2.37. The van der Waals surface area contributed by atoms with Crippen molar-refractivity contribution in [2.75, 3.05) is 6.61 Å². The van der Waals surface area contributed by atoms with Gasteiger partial charge in [-0.1, -0.05) is 31.5 Å². The Morgan fingerprint density at radius 3 is 2.20 bits per heavy atom. The van der Waals surface area contributed by atoms with Gasteiger partial charge in [0, 0.05) is 5.92 Å². The standard InChI is InChI=1S/C14H20ClF3O2/c1-12(2,3)20-7-9(19)11-8(13(11,4)5)6-10(15)14(16,17)18/h6,8,11H,7H2,1-5H3/b10-6+/t8-,11-/m1/s1. The van der Waals surface area contributed by atoms with Gasteiger partial charge in [0.25, 0.3) is 0 Å². The maximum atomic E-state index is 12.4. The van der Waals surface area contributed by atoms with Crippen LogP contribution in [0.25, 0.3) is 0 Å². The second kappa shape index (κ2) is 5.34. The van der Waals surface area contributed by atoms with Crippen molar-refractivity contribution in [1.29, 1.82) is 0 Å². The Kier molecular flexibility index (Phi) is 4.67. The van der Waals surface area contributed by atoms with Crippen LogP contribution in [0.3, 0.4) is 0 Å². The first-order valence-corrected chi connectivity index (χ1v) is 6.76. The molecule has 0 aromatic carbocycles. The zero-order chi connectivity index (χ0) is 15.9. The van der Waals surface area contributed by atoms with Crippen LogP contribution in [0.4, 0.5) is 13.2 Å². The van der Waals surface area contributed by atoms with Gasteiger partial charge in [0.15, 0.2) is 5.78 Å². The van der Waals surface area contributed by atoms with Gasteiger partial charge < -0.3 is 4.74 Å². The van der Waals surface area contributed by atoms with Crippen LogP contribution in [-0.2, 0) is 9.53 Å². The van der Waals surface area contributed by atoms with Gasteiger partial charge in [0.2, 0.25) is 0 Å². The van der Waals surface area contributed by atoms with Crippen molar-refractivity contribution in [2.45, 2.75) is 46.4 Å². The van der Waals surface area contributed by atoms with Gasteiger partial charge >= 0.3 is 6.18 Å². The van der Waals surface area contributed by atoms with E-state index >= 15 is 0 Å². The molecule has 1 fully saturated rings. The Bertz CT molecular complexity index is 419. The van der Waals surface area contributed by atoms with E-state index in [1.807, 2.05) is 20.8 Å². The van der Waals surface area contributed by atoms with E-state index in [2.05, 4.69) is 0 Å². The molecule has 0 aliphatic heterocycles. The Balaban J connectivity index is 2.72. The minimum Gasteiger partial charge on any atom is -0.368 e. The van der Waals surface area contributed by atoms with Crippen molar-refractivity contribution in [1.82, 2.24) is 0 Å². The van der Waals surface area contributed by atoms with Crippen molar-refractivity contribution in [3.8, 4) is 0 Å². The topological polar surface area (TPSA) is 26.3 Å². The van der Waals surface area contributed by atoms with E-state index in [1.165, 1.54) is 0 Å². The quantitative estimate of drug-likeness (QED) is 0.772. The molecule has 0 saturated heterocycles. The van der Waals surface area contributed by atoms with Crippen LogP contribution < -0.4 is 0 Å². The first-order valence-electron chi connectivity index (χ1n) is 6.38. The highest BCUT2D eigenvalue weighted by molar-refractivity contribution is 6.30. The predicted molar refractivity (Wildman–Crippen MR) is 71.5 cm³/mol. The van der Waals surface area contributed by atoms with E-state index < -0.39 is 34.1 Å². The van der Waals surface area contributed by atoms with Crippen molar-refractivity contribution < 1.29 is 22.7 Å². The molecule has 0 aromatic rings. The number of hydrogen-bond donors (Lipinski definition) is 0. The summed E-state index contributed by atoms with van der Waals surface area (Å²) in [4.78, 5) is 12.0. The SMILES string of the molecule is CC(C)(C)OCC(=O)[C@H]1[C@@H](/C=C(/Cl)C(F)(F)F)C1(C)C. The minimum absolute atomic E-state index is 0.0917. The Labute approximate surface area is 122 Å². The normalized spacial score (nSPS) is 26.6. The molecule has 6 heteroatoms. The number of ether oxygens (including phenoxy) is 1. The number of Topliss-reactive ketones (excluding diaryl/α,β-unsaturated/α-hetero) is 1. The van der Waals surface area contributed by atoms with Crippen LogP contribution in [0, 0.1) is 17.3 Å². The van der Waals surface area contributed by atoms with Crippen LogP contribution in [-0.4, -0.2) is 24.2 Å². The van der Waals surface area contributed by atoms with Gasteiger partial charge in [-0.05, 0) is 32.1 Å². The zero-order valence-electron chi connectivity index (χ0n) is 12.3. The van der Waals surface area contributed by atoms with Crippen molar-refractivity contribution in [2.24, 2.45) is 17.3 Å². The number of rotatable bonds is 4. The van der Waals surface area contributed by atoms with Gasteiger partial charge in [0.1, 0.15) is 11.6 Å². The van der Waals surface area contributed by atoms with Gasteiger partial charge in [0.05, 0.1) is 5.60 Å². The van der Waals surface area contributed by atoms with E-state index in [0.29, 0.717) is 0 Å². The highest BCUT2D eigenvalue weighted by Crippen LogP contribution is 2.60. The number of allylic oxidation sites excluding steroid dienone is 2. The van der Waals surface area contributed by atoms with Crippen LogP contribution in [0.5, 0.6) is 0 Å². The molecule has 1 aliphatic rings. The molecule has 2 atom stereocenters. The second-order valence-corrected chi connectivity index (χ2v) is 7.11. The monoisotopic (exact) mass is 312 g/mol.